The van der Waals surface area contributed by atoms with Crippen molar-refractivity contribution < 1.29 is 19.3 Å². The van der Waals surface area contributed by atoms with E-state index in [1.165, 1.54) is 12.1 Å². The number of aromatic nitrogens is 1. The molecule has 1 N–H and O–H groups in total. The van der Waals surface area contributed by atoms with Crippen molar-refractivity contribution in [1.29, 1.82) is 0 Å². The second kappa shape index (κ2) is 9.77. The number of anilines is 1. The van der Waals surface area contributed by atoms with Crippen LogP contribution in [0.2, 0.25) is 5.02 Å². The molecule has 0 bridgehead atoms. The number of nitrogens with one attached hydrogen (secondary N) is 1. The van der Waals surface area contributed by atoms with Gasteiger partial charge in [-0.1, -0.05) is 29.8 Å². The normalized spacial score (nSPS) is 14.6. The highest BCUT2D eigenvalue weighted by Crippen LogP contribution is 2.34. The molecule has 1 saturated heterocycles. The first-order chi connectivity index (χ1) is 16.7. The predicted molar refractivity (Wildman–Crippen MR) is 135 cm³/mol. The topological polar surface area (TPSA) is 115 Å². The molecule has 1 aliphatic heterocycles. The molecule has 11 heteroatoms. The van der Waals surface area contributed by atoms with Crippen molar-refractivity contribution in [2.75, 3.05) is 11.9 Å². The highest BCUT2D eigenvalue weighted by atomic mass is 35.5. The number of nitro groups is 1. The van der Waals surface area contributed by atoms with E-state index in [0.717, 1.165) is 28.0 Å². The van der Waals surface area contributed by atoms with Gasteiger partial charge >= 0.3 is 0 Å². The standard InChI is InChI=1S/C24H19ClN4O5S/c1-14-10-16(15(2)28(14)17-6-5-7-18(12-17)29(33)34)11-21-23(31)27(24(32)35-21)13-22(30)26-20-9-4-3-8-19(20)25/h3-12H,13H2,1-2H3,(H,26,30)/b21-11+. The number of para-hydroxylation sites is 1. The highest BCUT2D eigenvalue weighted by molar-refractivity contribution is 8.18. The predicted octanol–water partition coefficient (Wildman–Crippen LogP) is 5.33. The van der Waals surface area contributed by atoms with Crippen molar-refractivity contribution in [3.63, 3.8) is 0 Å². The molecule has 3 amide bonds. The molecule has 0 radical (unpaired) electrons. The summed E-state index contributed by atoms with van der Waals surface area (Å²) in [5.41, 5.74) is 3.18. The number of carbonyl (C=O) groups is 3. The summed E-state index contributed by atoms with van der Waals surface area (Å²) in [6, 6.07) is 14.7. The minimum absolute atomic E-state index is 0.0345. The van der Waals surface area contributed by atoms with Crippen molar-refractivity contribution in [2.24, 2.45) is 0 Å². The summed E-state index contributed by atoms with van der Waals surface area (Å²) in [4.78, 5) is 49.5. The Bertz CT molecular complexity index is 1410. The first kappa shape index (κ1) is 24.2. The molecule has 1 fully saturated rings. The molecule has 9 nitrogen and oxygen atoms in total. The molecule has 0 aliphatic carbocycles. The number of rotatable bonds is 6. The van der Waals surface area contributed by atoms with E-state index in [1.54, 1.807) is 42.5 Å². The number of hydrogen-bond donors (Lipinski definition) is 1. The maximum atomic E-state index is 12.9. The third-order valence-corrected chi connectivity index (χ3v) is 6.62. The van der Waals surface area contributed by atoms with Crippen molar-refractivity contribution in [3.05, 3.63) is 91.6 Å². The lowest BCUT2D eigenvalue weighted by Gasteiger charge is -2.13. The number of hydrogen-bond acceptors (Lipinski definition) is 6. The summed E-state index contributed by atoms with van der Waals surface area (Å²) in [6.45, 7) is 3.22. The Morgan fingerprint density at radius 3 is 2.60 bits per heavy atom. The van der Waals surface area contributed by atoms with Gasteiger partial charge in [-0.2, -0.15) is 0 Å². The maximum absolute atomic E-state index is 12.9. The van der Waals surface area contributed by atoms with E-state index in [-0.39, 0.29) is 10.6 Å². The van der Waals surface area contributed by atoms with Gasteiger partial charge in [0, 0.05) is 23.5 Å². The lowest BCUT2D eigenvalue weighted by Crippen LogP contribution is -2.36. The van der Waals surface area contributed by atoms with Crippen LogP contribution in [0, 0.1) is 24.0 Å². The number of thioether (sulfide) groups is 1. The van der Waals surface area contributed by atoms with Gasteiger partial charge < -0.3 is 9.88 Å². The monoisotopic (exact) mass is 510 g/mol. The molecular weight excluding hydrogens is 492 g/mol. The number of nitrogens with zero attached hydrogens (tertiary/aromatic N) is 3. The number of carbonyl (C=O) groups excluding carboxylic acids is 3. The van der Waals surface area contributed by atoms with E-state index in [9.17, 15) is 24.5 Å². The van der Waals surface area contributed by atoms with Crippen LogP contribution in [0.3, 0.4) is 0 Å². The van der Waals surface area contributed by atoms with Gasteiger partial charge in [0.05, 0.1) is 26.2 Å². The summed E-state index contributed by atoms with van der Waals surface area (Å²) in [5.74, 6) is -1.13. The first-order valence-corrected chi connectivity index (χ1v) is 11.6. The van der Waals surface area contributed by atoms with Gasteiger partial charge in [0.25, 0.3) is 16.8 Å². The second-order valence-electron chi connectivity index (χ2n) is 7.73. The number of benzene rings is 2. The van der Waals surface area contributed by atoms with Gasteiger partial charge in [-0.15, -0.1) is 0 Å². The minimum Gasteiger partial charge on any atom is -0.323 e. The van der Waals surface area contributed by atoms with Crippen LogP contribution in [-0.4, -0.2) is 38.0 Å². The van der Waals surface area contributed by atoms with Crippen LogP contribution in [0.4, 0.5) is 16.2 Å². The lowest BCUT2D eigenvalue weighted by molar-refractivity contribution is -0.384. The van der Waals surface area contributed by atoms with Crippen molar-refractivity contribution in [1.82, 2.24) is 9.47 Å². The molecule has 4 rings (SSSR count). The first-order valence-electron chi connectivity index (χ1n) is 10.4. The molecule has 0 unspecified atom stereocenters. The molecule has 3 aromatic rings. The van der Waals surface area contributed by atoms with Crippen LogP contribution >= 0.6 is 23.4 Å². The number of non-ortho nitro benzene ring substituents is 1. The number of amides is 3. The van der Waals surface area contributed by atoms with Crippen LogP contribution in [0.5, 0.6) is 0 Å². The molecule has 0 saturated carbocycles. The van der Waals surface area contributed by atoms with E-state index >= 15 is 0 Å². The fraction of sp³-hybridized carbons (Fsp3) is 0.125. The maximum Gasteiger partial charge on any atom is 0.294 e. The summed E-state index contributed by atoms with van der Waals surface area (Å²) in [6.07, 6.45) is 1.59. The number of aryl methyl sites for hydroxylation is 1. The molecule has 1 aliphatic rings. The third kappa shape index (κ3) is 4.98. The van der Waals surface area contributed by atoms with Gasteiger partial charge in [0.2, 0.25) is 5.91 Å². The summed E-state index contributed by atoms with van der Waals surface area (Å²) >= 11 is 6.79. The molecule has 35 heavy (non-hydrogen) atoms. The van der Waals surface area contributed by atoms with Crippen molar-refractivity contribution >= 4 is 57.9 Å². The minimum atomic E-state index is -0.575. The fourth-order valence-electron chi connectivity index (χ4n) is 3.75. The zero-order valence-corrected chi connectivity index (χ0v) is 20.2. The van der Waals surface area contributed by atoms with Crippen LogP contribution in [0.15, 0.2) is 59.5 Å². The Labute approximate surface area is 209 Å². The zero-order chi connectivity index (χ0) is 25.3. The van der Waals surface area contributed by atoms with Crippen LogP contribution in [0.1, 0.15) is 17.0 Å². The van der Waals surface area contributed by atoms with Crippen LogP contribution in [-0.2, 0) is 9.59 Å². The average molecular weight is 511 g/mol. The molecule has 0 spiro atoms. The molecule has 1 aromatic heterocycles. The Kier molecular flexibility index (Phi) is 6.77. The third-order valence-electron chi connectivity index (χ3n) is 5.38. The van der Waals surface area contributed by atoms with Gasteiger partial charge in [-0.3, -0.25) is 29.4 Å². The lowest BCUT2D eigenvalue weighted by atomic mass is 10.2. The highest BCUT2D eigenvalue weighted by Gasteiger charge is 2.36. The largest absolute Gasteiger partial charge is 0.323 e. The number of nitro benzene ring substituents is 1. The van der Waals surface area contributed by atoms with E-state index in [1.807, 2.05) is 24.5 Å². The quantitative estimate of drug-likeness (QED) is 0.272. The smallest absolute Gasteiger partial charge is 0.294 e. The molecule has 178 valence electrons. The molecule has 2 aromatic carbocycles. The second-order valence-corrected chi connectivity index (χ2v) is 9.14. The summed E-state index contributed by atoms with van der Waals surface area (Å²) in [5, 5.41) is 13.5. The van der Waals surface area contributed by atoms with Crippen molar-refractivity contribution in [2.45, 2.75) is 13.8 Å². The number of halogens is 1. The van der Waals surface area contributed by atoms with E-state index in [4.69, 9.17) is 11.6 Å². The Balaban J connectivity index is 1.55. The average Bonchev–Trinajstić information content (AvgIpc) is 3.24. The summed E-state index contributed by atoms with van der Waals surface area (Å²) < 4.78 is 1.83. The number of imide groups is 1. The van der Waals surface area contributed by atoms with E-state index < -0.39 is 28.5 Å². The fourth-order valence-corrected chi connectivity index (χ4v) is 4.76. The van der Waals surface area contributed by atoms with Gasteiger partial charge in [-0.05, 0) is 61.5 Å². The SMILES string of the molecule is Cc1cc(/C=C2/SC(=O)N(CC(=O)Nc3ccccc3Cl)C2=O)c(C)n1-c1cccc([N+](=O)[O-])c1. The van der Waals surface area contributed by atoms with Crippen LogP contribution in [0.25, 0.3) is 11.8 Å². The summed E-state index contributed by atoms with van der Waals surface area (Å²) in [7, 11) is 0. The Hall–Kier alpha value is -3.89. The Morgan fingerprint density at radius 2 is 1.89 bits per heavy atom. The van der Waals surface area contributed by atoms with Crippen molar-refractivity contribution in [3.8, 4) is 5.69 Å². The van der Waals surface area contributed by atoms with Gasteiger partial charge in [0.1, 0.15) is 6.54 Å². The van der Waals surface area contributed by atoms with Gasteiger partial charge in [0.15, 0.2) is 0 Å². The Morgan fingerprint density at radius 1 is 1.14 bits per heavy atom. The molecule has 2 heterocycles. The van der Waals surface area contributed by atoms with Crippen LogP contribution < -0.4 is 5.32 Å². The van der Waals surface area contributed by atoms with E-state index in [2.05, 4.69) is 5.32 Å². The molecule has 0 atom stereocenters. The zero-order valence-electron chi connectivity index (χ0n) is 18.6. The van der Waals surface area contributed by atoms with E-state index in [0.29, 0.717) is 22.0 Å². The molecular formula is C24H19ClN4O5S. The van der Waals surface area contributed by atoms with Gasteiger partial charge in [-0.25, -0.2) is 0 Å².